The number of carbonyl (C=O) groups is 1. The number of hydrogen-bond acceptors (Lipinski definition) is 5. The Morgan fingerprint density at radius 3 is 2.54 bits per heavy atom. The van der Waals surface area contributed by atoms with Gasteiger partial charge in [0.25, 0.3) is 5.91 Å². The number of hydrogen-bond donors (Lipinski definition) is 1. The Hall–Kier alpha value is -2.45. The van der Waals surface area contributed by atoms with E-state index in [1.54, 1.807) is 32.2 Å². The van der Waals surface area contributed by atoms with Gasteiger partial charge in [0.1, 0.15) is 0 Å². The van der Waals surface area contributed by atoms with Crippen molar-refractivity contribution in [2.45, 2.75) is 45.2 Å². The number of nitrogens with zero attached hydrogens (tertiary/aromatic N) is 2. The molecule has 28 heavy (non-hydrogen) atoms. The molecule has 0 radical (unpaired) electrons. The molecule has 0 aliphatic carbocycles. The Bertz CT molecular complexity index is 969. The van der Waals surface area contributed by atoms with Crippen LogP contribution in [0.4, 0.5) is 0 Å². The molecule has 0 saturated heterocycles. The molecule has 1 amide bonds. The lowest BCUT2D eigenvalue weighted by atomic mass is 10.1. The maximum atomic E-state index is 12.7. The van der Waals surface area contributed by atoms with Gasteiger partial charge in [0.15, 0.2) is 0 Å². The summed E-state index contributed by atoms with van der Waals surface area (Å²) in [6, 6.07) is 6.70. The summed E-state index contributed by atoms with van der Waals surface area (Å²) in [6.07, 6.45) is 1.59. The van der Waals surface area contributed by atoms with Crippen LogP contribution in [-0.2, 0) is 16.6 Å². The standard InChI is InChI=1S/C20H27N3O4S/c1-13(2)27-20-16(8-7-9-21-20)12-22-19(24)17-10-14(3)15(4)18(11-17)28(25,26)23(5)6/h7-11,13H,12H2,1-6H3,(H,22,24). The van der Waals surface area contributed by atoms with Crippen LogP contribution in [0.25, 0.3) is 0 Å². The lowest BCUT2D eigenvalue weighted by Crippen LogP contribution is -2.26. The first-order valence-electron chi connectivity index (χ1n) is 8.96. The molecule has 7 nitrogen and oxygen atoms in total. The van der Waals surface area contributed by atoms with Crippen LogP contribution in [0.5, 0.6) is 5.88 Å². The van der Waals surface area contributed by atoms with Crippen molar-refractivity contribution < 1.29 is 17.9 Å². The minimum atomic E-state index is -3.65. The predicted octanol–water partition coefficient (Wildman–Crippen LogP) is 2.67. The molecule has 0 fully saturated rings. The molecule has 1 aromatic heterocycles. The summed E-state index contributed by atoms with van der Waals surface area (Å²) < 4.78 is 32.0. The van der Waals surface area contributed by atoms with E-state index in [-0.39, 0.29) is 23.5 Å². The highest BCUT2D eigenvalue weighted by Crippen LogP contribution is 2.23. The first-order valence-corrected chi connectivity index (χ1v) is 10.4. The molecule has 2 rings (SSSR count). The van der Waals surface area contributed by atoms with Gasteiger partial charge in [-0.25, -0.2) is 17.7 Å². The van der Waals surface area contributed by atoms with Crippen molar-refractivity contribution in [2.24, 2.45) is 0 Å². The lowest BCUT2D eigenvalue weighted by molar-refractivity contribution is 0.0950. The van der Waals surface area contributed by atoms with Crippen molar-refractivity contribution in [1.82, 2.24) is 14.6 Å². The first kappa shape index (κ1) is 21.8. The van der Waals surface area contributed by atoms with Gasteiger partial charge >= 0.3 is 0 Å². The van der Waals surface area contributed by atoms with Crippen LogP contribution in [0.2, 0.25) is 0 Å². The molecule has 0 bridgehead atoms. The maximum Gasteiger partial charge on any atom is 0.251 e. The molecule has 0 aliphatic heterocycles. The van der Waals surface area contributed by atoms with Crippen LogP contribution in [0.3, 0.4) is 0 Å². The van der Waals surface area contributed by atoms with Crippen LogP contribution in [0.1, 0.15) is 40.9 Å². The molecule has 1 aromatic carbocycles. The van der Waals surface area contributed by atoms with Crippen molar-refractivity contribution in [3.05, 3.63) is 52.7 Å². The Morgan fingerprint density at radius 1 is 1.25 bits per heavy atom. The van der Waals surface area contributed by atoms with Gasteiger partial charge in [-0.05, 0) is 57.0 Å². The summed E-state index contributed by atoms with van der Waals surface area (Å²) in [7, 11) is -0.715. The number of amides is 1. The predicted molar refractivity (Wildman–Crippen MR) is 108 cm³/mol. The van der Waals surface area contributed by atoms with E-state index in [1.165, 1.54) is 20.2 Å². The van der Waals surface area contributed by atoms with Crippen LogP contribution in [0, 0.1) is 13.8 Å². The molecule has 1 heterocycles. The van der Waals surface area contributed by atoms with Gasteiger partial charge in [-0.1, -0.05) is 6.07 Å². The monoisotopic (exact) mass is 405 g/mol. The van der Waals surface area contributed by atoms with Crippen molar-refractivity contribution in [2.75, 3.05) is 14.1 Å². The Morgan fingerprint density at radius 2 is 1.93 bits per heavy atom. The molecule has 0 unspecified atom stereocenters. The third-order valence-electron chi connectivity index (χ3n) is 4.28. The van der Waals surface area contributed by atoms with Gasteiger partial charge in [0, 0.05) is 38.0 Å². The minimum absolute atomic E-state index is 0.0390. The molecule has 0 spiro atoms. The average Bonchev–Trinajstić information content (AvgIpc) is 2.62. The van der Waals surface area contributed by atoms with E-state index in [4.69, 9.17) is 4.74 Å². The van der Waals surface area contributed by atoms with Crippen molar-refractivity contribution in [1.29, 1.82) is 0 Å². The number of pyridine rings is 1. The van der Waals surface area contributed by atoms with E-state index in [2.05, 4.69) is 10.3 Å². The fourth-order valence-corrected chi connectivity index (χ4v) is 3.81. The van der Waals surface area contributed by atoms with E-state index in [1.807, 2.05) is 19.9 Å². The largest absolute Gasteiger partial charge is 0.475 e. The fourth-order valence-electron chi connectivity index (χ4n) is 2.59. The summed E-state index contributed by atoms with van der Waals surface area (Å²) in [6.45, 7) is 7.55. The van der Waals surface area contributed by atoms with Gasteiger partial charge in [-0.15, -0.1) is 0 Å². The van der Waals surface area contributed by atoms with Gasteiger partial charge in [-0.3, -0.25) is 4.79 Å². The molecule has 152 valence electrons. The first-order chi connectivity index (χ1) is 13.0. The fraction of sp³-hybridized carbons (Fsp3) is 0.400. The summed E-state index contributed by atoms with van der Waals surface area (Å²) >= 11 is 0. The zero-order valence-electron chi connectivity index (χ0n) is 17.1. The second-order valence-electron chi connectivity index (χ2n) is 7.02. The molecule has 0 saturated carbocycles. The zero-order chi connectivity index (χ0) is 21.1. The molecule has 1 N–H and O–H groups in total. The average molecular weight is 406 g/mol. The lowest BCUT2D eigenvalue weighted by Gasteiger charge is -2.17. The van der Waals surface area contributed by atoms with E-state index in [0.717, 1.165) is 15.4 Å². The number of rotatable bonds is 7. The highest BCUT2D eigenvalue weighted by Gasteiger charge is 2.23. The second-order valence-corrected chi connectivity index (χ2v) is 9.14. The highest BCUT2D eigenvalue weighted by molar-refractivity contribution is 7.89. The summed E-state index contributed by atoms with van der Waals surface area (Å²) in [5.41, 5.74) is 2.40. The quantitative estimate of drug-likeness (QED) is 0.765. The SMILES string of the molecule is Cc1cc(C(=O)NCc2cccnc2OC(C)C)cc(S(=O)(=O)N(C)C)c1C. The number of aryl methyl sites for hydroxylation is 1. The number of aromatic nitrogens is 1. The van der Waals surface area contributed by atoms with E-state index in [9.17, 15) is 13.2 Å². The molecular formula is C20H27N3O4S. The highest BCUT2D eigenvalue weighted by atomic mass is 32.2. The van der Waals surface area contributed by atoms with Gasteiger partial charge in [0.2, 0.25) is 15.9 Å². The van der Waals surface area contributed by atoms with Gasteiger partial charge in [-0.2, -0.15) is 0 Å². The number of sulfonamides is 1. The third-order valence-corrected chi connectivity index (χ3v) is 6.22. The number of ether oxygens (including phenoxy) is 1. The zero-order valence-corrected chi connectivity index (χ0v) is 17.9. The van der Waals surface area contributed by atoms with Crippen LogP contribution < -0.4 is 10.1 Å². The maximum absolute atomic E-state index is 12.7. The van der Waals surface area contributed by atoms with Crippen molar-refractivity contribution in [3.63, 3.8) is 0 Å². The Balaban J connectivity index is 2.28. The minimum Gasteiger partial charge on any atom is -0.475 e. The van der Waals surface area contributed by atoms with E-state index < -0.39 is 10.0 Å². The van der Waals surface area contributed by atoms with Gasteiger partial charge in [0.05, 0.1) is 11.0 Å². The number of carbonyl (C=O) groups excluding carboxylic acids is 1. The molecule has 2 aromatic rings. The van der Waals surface area contributed by atoms with E-state index >= 15 is 0 Å². The van der Waals surface area contributed by atoms with Crippen molar-refractivity contribution >= 4 is 15.9 Å². The molecule has 8 heteroatoms. The normalized spacial score (nSPS) is 11.7. The van der Waals surface area contributed by atoms with E-state index in [0.29, 0.717) is 17.0 Å². The topological polar surface area (TPSA) is 88.6 Å². The van der Waals surface area contributed by atoms with Crippen LogP contribution in [-0.4, -0.2) is 43.8 Å². The molecule has 0 aliphatic rings. The molecule has 0 atom stereocenters. The number of nitrogens with one attached hydrogen (secondary N) is 1. The smallest absolute Gasteiger partial charge is 0.251 e. The third kappa shape index (κ3) is 4.88. The van der Waals surface area contributed by atoms with Crippen LogP contribution in [0.15, 0.2) is 35.4 Å². The number of benzene rings is 1. The Labute approximate surface area is 166 Å². The van der Waals surface area contributed by atoms with Gasteiger partial charge < -0.3 is 10.1 Å². The summed E-state index contributed by atoms with van der Waals surface area (Å²) in [4.78, 5) is 17.0. The summed E-state index contributed by atoms with van der Waals surface area (Å²) in [5, 5.41) is 2.82. The summed E-state index contributed by atoms with van der Waals surface area (Å²) in [5.74, 6) is 0.103. The molecular weight excluding hydrogens is 378 g/mol. The second kappa shape index (κ2) is 8.70. The van der Waals surface area contributed by atoms with Crippen LogP contribution >= 0.6 is 0 Å². The Kier molecular flexibility index (Phi) is 6.79. The van der Waals surface area contributed by atoms with Crippen molar-refractivity contribution in [3.8, 4) is 5.88 Å².